The molecule has 3 atom stereocenters. The third-order valence-electron chi connectivity index (χ3n) is 4.44. The van der Waals surface area contributed by atoms with Gasteiger partial charge in [0.25, 0.3) is 0 Å². The van der Waals surface area contributed by atoms with E-state index in [1.807, 2.05) is 23.9 Å². The normalized spacial score (nSPS) is 24.1. The van der Waals surface area contributed by atoms with Crippen molar-refractivity contribution in [2.24, 2.45) is 0 Å². The number of nitrogens with one attached hydrogen (secondary N) is 1. The minimum Gasteiger partial charge on any atom is -0.330 e. The summed E-state index contributed by atoms with van der Waals surface area (Å²) < 4.78 is 2.37. The second-order valence-electron chi connectivity index (χ2n) is 6.34. The van der Waals surface area contributed by atoms with Gasteiger partial charge in [-0.3, -0.25) is 0 Å². The van der Waals surface area contributed by atoms with Crippen molar-refractivity contribution in [2.75, 3.05) is 0 Å². The molecule has 3 nitrogen and oxygen atoms in total. The molecule has 0 amide bonds. The Morgan fingerprint density at radius 2 is 2.29 bits per heavy atom. The minimum absolute atomic E-state index is 0.458. The Morgan fingerprint density at radius 1 is 1.43 bits per heavy atom. The number of rotatable bonds is 4. The van der Waals surface area contributed by atoms with Crippen LogP contribution in [0.25, 0.3) is 0 Å². The lowest BCUT2D eigenvalue weighted by Gasteiger charge is -2.30. The second kappa shape index (κ2) is 6.32. The van der Waals surface area contributed by atoms with E-state index in [0.717, 1.165) is 6.42 Å². The molecule has 0 aliphatic carbocycles. The Bertz CT molecular complexity index is 586. The van der Waals surface area contributed by atoms with Gasteiger partial charge in [-0.1, -0.05) is 0 Å². The first-order valence-corrected chi connectivity index (χ1v) is 8.78. The fraction of sp³-hybridized carbons (Fsp3) is 0.588. The molecule has 0 spiro atoms. The highest BCUT2D eigenvalue weighted by atomic mass is 32.1. The Labute approximate surface area is 131 Å². The quantitative estimate of drug-likeness (QED) is 0.914. The third kappa shape index (κ3) is 3.38. The lowest BCUT2D eigenvalue weighted by Crippen LogP contribution is -2.35. The van der Waals surface area contributed by atoms with Crippen LogP contribution in [0.1, 0.15) is 60.6 Å². The number of thiophene rings is 1. The van der Waals surface area contributed by atoms with Crippen LogP contribution in [-0.2, 0) is 6.42 Å². The Morgan fingerprint density at radius 3 is 3.00 bits per heavy atom. The van der Waals surface area contributed by atoms with Gasteiger partial charge in [-0.05, 0) is 52.2 Å². The van der Waals surface area contributed by atoms with E-state index in [1.54, 1.807) is 0 Å². The van der Waals surface area contributed by atoms with Gasteiger partial charge in [-0.2, -0.15) is 0 Å². The van der Waals surface area contributed by atoms with Crippen LogP contribution >= 0.6 is 11.3 Å². The smallest absolute Gasteiger partial charge is 0.0951 e. The van der Waals surface area contributed by atoms with Crippen molar-refractivity contribution in [3.8, 4) is 0 Å². The van der Waals surface area contributed by atoms with Crippen molar-refractivity contribution in [3.05, 3.63) is 40.1 Å². The van der Waals surface area contributed by atoms with Gasteiger partial charge in [-0.15, -0.1) is 11.3 Å². The molecule has 0 radical (unpaired) electrons. The molecule has 2 aromatic heterocycles. The number of piperidine rings is 1. The number of imidazole rings is 1. The van der Waals surface area contributed by atoms with E-state index in [9.17, 15) is 0 Å². The number of hydrogen-bond acceptors (Lipinski definition) is 3. The molecule has 1 fully saturated rings. The van der Waals surface area contributed by atoms with E-state index in [1.165, 1.54) is 34.7 Å². The number of aromatic nitrogens is 2. The topological polar surface area (TPSA) is 29.9 Å². The summed E-state index contributed by atoms with van der Waals surface area (Å²) in [5.74, 6) is 0. The maximum Gasteiger partial charge on any atom is 0.0951 e. The molecule has 114 valence electrons. The number of aryl methyl sites for hydroxylation is 1. The molecule has 4 heteroatoms. The average Bonchev–Trinajstić information content (AvgIpc) is 3.07. The fourth-order valence-corrected chi connectivity index (χ4v) is 4.32. The molecule has 1 N–H and O–H groups in total. The summed E-state index contributed by atoms with van der Waals surface area (Å²) in [5, 5.41) is 3.72. The summed E-state index contributed by atoms with van der Waals surface area (Å²) in [4.78, 5) is 7.27. The van der Waals surface area contributed by atoms with Crippen molar-refractivity contribution in [2.45, 2.75) is 64.6 Å². The van der Waals surface area contributed by atoms with Gasteiger partial charge in [0.1, 0.15) is 0 Å². The van der Waals surface area contributed by atoms with Crippen molar-refractivity contribution in [1.82, 2.24) is 14.9 Å². The molecule has 3 rings (SSSR count). The van der Waals surface area contributed by atoms with Crippen LogP contribution in [0.15, 0.2) is 24.7 Å². The SMILES string of the molecule is Cc1ccc(CC(C)n2cncc2C2CCCC(C)N2)s1. The molecule has 21 heavy (non-hydrogen) atoms. The molecule has 3 heterocycles. The van der Waals surface area contributed by atoms with Crippen LogP contribution < -0.4 is 5.32 Å². The maximum absolute atomic E-state index is 4.42. The summed E-state index contributed by atoms with van der Waals surface area (Å²) in [7, 11) is 0. The van der Waals surface area contributed by atoms with Gasteiger partial charge in [0, 0.05) is 40.5 Å². The van der Waals surface area contributed by atoms with Crippen molar-refractivity contribution in [1.29, 1.82) is 0 Å². The van der Waals surface area contributed by atoms with Crippen LogP contribution in [0.2, 0.25) is 0 Å². The first-order chi connectivity index (χ1) is 10.1. The molecule has 0 saturated carbocycles. The zero-order valence-corrected chi connectivity index (χ0v) is 14.0. The van der Waals surface area contributed by atoms with E-state index in [-0.39, 0.29) is 0 Å². The summed E-state index contributed by atoms with van der Waals surface area (Å²) in [6, 6.07) is 6.01. The fourth-order valence-electron chi connectivity index (χ4n) is 3.31. The largest absolute Gasteiger partial charge is 0.330 e. The maximum atomic E-state index is 4.42. The van der Waals surface area contributed by atoms with E-state index in [2.05, 4.69) is 47.8 Å². The minimum atomic E-state index is 0.458. The highest BCUT2D eigenvalue weighted by Crippen LogP contribution is 2.29. The van der Waals surface area contributed by atoms with Crippen LogP contribution in [-0.4, -0.2) is 15.6 Å². The van der Waals surface area contributed by atoms with E-state index < -0.39 is 0 Å². The Hall–Kier alpha value is -1.13. The second-order valence-corrected chi connectivity index (χ2v) is 7.71. The zero-order chi connectivity index (χ0) is 14.8. The third-order valence-corrected chi connectivity index (χ3v) is 5.46. The van der Waals surface area contributed by atoms with Gasteiger partial charge in [0.2, 0.25) is 0 Å². The van der Waals surface area contributed by atoms with Gasteiger partial charge in [0.15, 0.2) is 0 Å². The molecule has 0 bridgehead atoms. The standard InChI is InChI=1S/C17H25N3S/c1-12-5-4-6-16(19-12)17-10-18-11-20(17)13(2)9-15-8-7-14(3)21-15/h7-8,10-13,16,19H,4-6,9H2,1-3H3. The first-order valence-electron chi connectivity index (χ1n) is 7.96. The summed E-state index contributed by atoms with van der Waals surface area (Å²) in [6.07, 6.45) is 8.95. The number of hydrogen-bond donors (Lipinski definition) is 1. The molecule has 3 unspecified atom stereocenters. The van der Waals surface area contributed by atoms with Gasteiger partial charge >= 0.3 is 0 Å². The zero-order valence-electron chi connectivity index (χ0n) is 13.2. The van der Waals surface area contributed by atoms with Gasteiger partial charge in [-0.25, -0.2) is 4.98 Å². The number of nitrogens with zero attached hydrogens (tertiary/aromatic N) is 2. The molecular weight excluding hydrogens is 278 g/mol. The molecule has 0 aromatic carbocycles. The molecule has 2 aromatic rings. The van der Waals surface area contributed by atoms with Crippen LogP contribution in [0.3, 0.4) is 0 Å². The van der Waals surface area contributed by atoms with Crippen molar-refractivity contribution < 1.29 is 0 Å². The average molecular weight is 303 g/mol. The monoisotopic (exact) mass is 303 g/mol. The first kappa shape index (κ1) is 14.8. The van der Waals surface area contributed by atoms with E-state index in [0.29, 0.717) is 18.1 Å². The van der Waals surface area contributed by atoms with Crippen LogP contribution in [0, 0.1) is 6.92 Å². The van der Waals surface area contributed by atoms with Crippen molar-refractivity contribution >= 4 is 11.3 Å². The van der Waals surface area contributed by atoms with Gasteiger partial charge in [0.05, 0.1) is 12.0 Å². The summed E-state index contributed by atoms with van der Waals surface area (Å²) in [5.41, 5.74) is 1.35. The molecule has 1 aliphatic rings. The Kier molecular flexibility index (Phi) is 4.45. The molecular formula is C17H25N3S. The lowest BCUT2D eigenvalue weighted by atomic mass is 9.97. The van der Waals surface area contributed by atoms with Crippen molar-refractivity contribution in [3.63, 3.8) is 0 Å². The molecule has 1 saturated heterocycles. The van der Waals surface area contributed by atoms with Crippen LogP contribution in [0.5, 0.6) is 0 Å². The summed E-state index contributed by atoms with van der Waals surface area (Å²) >= 11 is 1.91. The highest BCUT2D eigenvalue weighted by molar-refractivity contribution is 7.11. The predicted molar refractivity (Wildman–Crippen MR) is 88.9 cm³/mol. The lowest BCUT2D eigenvalue weighted by molar-refractivity contribution is 0.324. The predicted octanol–water partition coefficient (Wildman–Crippen LogP) is 4.26. The van der Waals surface area contributed by atoms with E-state index in [4.69, 9.17) is 0 Å². The van der Waals surface area contributed by atoms with Crippen LogP contribution in [0.4, 0.5) is 0 Å². The van der Waals surface area contributed by atoms with E-state index >= 15 is 0 Å². The summed E-state index contributed by atoms with van der Waals surface area (Å²) in [6.45, 7) is 6.76. The highest BCUT2D eigenvalue weighted by Gasteiger charge is 2.23. The van der Waals surface area contributed by atoms with Gasteiger partial charge < -0.3 is 9.88 Å². The molecule has 1 aliphatic heterocycles. The Balaban J connectivity index is 1.74.